The summed E-state index contributed by atoms with van der Waals surface area (Å²) in [6.07, 6.45) is 5.33. The maximum Gasteiger partial charge on any atom is 0.162 e. The number of Topliss-reactive ketones (excluding diaryl/α,β-unsaturated/α-hetero) is 1. The van der Waals surface area contributed by atoms with Crippen LogP contribution in [0.25, 0.3) is 6.08 Å². The lowest BCUT2D eigenvalue weighted by Gasteiger charge is -2.13. The summed E-state index contributed by atoms with van der Waals surface area (Å²) in [5.74, 6) is 1.95. The van der Waals surface area contributed by atoms with E-state index >= 15 is 0 Å². The predicted molar refractivity (Wildman–Crippen MR) is 74.5 cm³/mol. The fraction of sp³-hybridized carbons (Fsp3) is 0.400. The standard InChI is InChI=1S/C15H15BrO2/c1-18-14-8-12(16)5-4-10(14)7-13-9-2-3-11(6-9)15(13)17/h4-5,7-9,11H,2-3,6H2,1H3. The van der Waals surface area contributed by atoms with Crippen molar-refractivity contribution in [2.75, 3.05) is 7.11 Å². The molecule has 0 aromatic heterocycles. The molecule has 2 atom stereocenters. The van der Waals surface area contributed by atoms with E-state index in [2.05, 4.69) is 15.9 Å². The minimum atomic E-state index is 0.294. The quantitative estimate of drug-likeness (QED) is 0.776. The maximum atomic E-state index is 12.1. The van der Waals surface area contributed by atoms with Gasteiger partial charge in [0.25, 0.3) is 0 Å². The molecule has 0 heterocycles. The minimum Gasteiger partial charge on any atom is -0.496 e. The molecule has 2 aliphatic rings. The number of benzene rings is 1. The molecule has 3 heteroatoms. The van der Waals surface area contributed by atoms with Gasteiger partial charge >= 0.3 is 0 Å². The van der Waals surface area contributed by atoms with Crippen LogP contribution >= 0.6 is 15.9 Å². The van der Waals surface area contributed by atoms with Gasteiger partial charge in [0.1, 0.15) is 5.75 Å². The molecule has 1 aromatic carbocycles. The summed E-state index contributed by atoms with van der Waals surface area (Å²) >= 11 is 3.43. The Bertz CT molecular complexity index is 533. The van der Waals surface area contributed by atoms with Crippen molar-refractivity contribution >= 4 is 27.8 Å². The Balaban J connectivity index is 1.99. The summed E-state index contributed by atoms with van der Waals surface area (Å²) in [6, 6.07) is 5.91. The SMILES string of the molecule is COc1cc(Br)ccc1C=C1C(=O)C2CCC1C2. The van der Waals surface area contributed by atoms with Gasteiger partial charge in [-0.3, -0.25) is 4.79 Å². The number of halogens is 1. The molecule has 2 saturated carbocycles. The lowest BCUT2D eigenvalue weighted by molar-refractivity contribution is -0.118. The zero-order valence-electron chi connectivity index (χ0n) is 10.3. The molecule has 0 aliphatic heterocycles. The van der Waals surface area contributed by atoms with Crippen molar-refractivity contribution in [2.24, 2.45) is 11.8 Å². The number of allylic oxidation sites excluding steroid dienone is 1. The molecular formula is C15H15BrO2. The number of carbonyl (C=O) groups excluding carboxylic acids is 1. The van der Waals surface area contributed by atoms with Crippen LogP contribution in [0.1, 0.15) is 24.8 Å². The van der Waals surface area contributed by atoms with E-state index in [1.807, 2.05) is 24.3 Å². The van der Waals surface area contributed by atoms with Crippen molar-refractivity contribution in [2.45, 2.75) is 19.3 Å². The van der Waals surface area contributed by atoms with Crippen molar-refractivity contribution in [3.8, 4) is 5.75 Å². The first-order chi connectivity index (χ1) is 8.69. The number of rotatable bonds is 2. The highest BCUT2D eigenvalue weighted by Crippen LogP contribution is 2.46. The summed E-state index contributed by atoms with van der Waals surface area (Å²) in [4.78, 5) is 12.1. The molecule has 2 fully saturated rings. The highest BCUT2D eigenvalue weighted by molar-refractivity contribution is 9.10. The van der Waals surface area contributed by atoms with E-state index in [9.17, 15) is 4.79 Å². The van der Waals surface area contributed by atoms with Crippen LogP contribution in [0.5, 0.6) is 5.75 Å². The Morgan fingerprint density at radius 3 is 2.78 bits per heavy atom. The fourth-order valence-corrected chi connectivity index (χ4v) is 3.44. The zero-order chi connectivity index (χ0) is 12.7. The van der Waals surface area contributed by atoms with Crippen molar-refractivity contribution in [3.63, 3.8) is 0 Å². The number of hydrogen-bond donors (Lipinski definition) is 0. The predicted octanol–water partition coefficient (Wildman–Crippen LogP) is 3.84. The van der Waals surface area contributed by atoms with E-state index in [-0.39, 0.29) is 0 Å². The molecule has 0 radical (unpaired) electrons. The summed E-state index contributed by atoms with van der Waals surface area (Å²) in [5.41, 5.74) is 2.00. The van der Waals surface area contributed by atoms with Crippen LogP contribution < -0.4 is 4.74 Å². The summed E-state index contributed by atoms with van der Waals surface area (Å²) in [6.45, 7) is 0. The Morgan fingerprint density at radius 1 is 1.33 bits per heavy atom. The van der Waals surface area contributed by atoms with Gasteiger partial charge in [0, 0.05) is 16.0 Å². The van der Waals surface area contributed by atoms with Gasteiger partial charge in [-0.15, -0.1) is 0 Å². The first-order valence-electron chi connectivity index (χ1n) is 6.28. The second kappa shape index (κ2) is 4.54. The molecule has 2 nitrogen and oxygen atoms in total. The van der Waals surface area contributed by atoms with Crippen LogP contribution in [0, 0.1) is 11.8 Å². The topological polar surface area (TPSA) is 26.3 Å². The average Bonchev–Trinajstić information content (AvgIpc) is 2.94. The van der Waals surface area contributed by atoms with Crippen LogP contribution in [0.4, 0.5) is 0 Å². The van der Waals surface area contributed by atoms with Crippen molar-refractivity contribution in [1.29, 1.82) is 0 Å². The van der Waals surface area contributed by atoms with E-state index in [1.54, 1.807) is 7.11 Å². The van der Waals surface area contributed by atoms with Crippen LogP contribution in [-0.2, 0) is 4.79 Å². The van der Waals surface area contributed by atoms with E-state index in [4.69, 9.17) is 4.74 Å². The molecule has 2 unspecified atom stereocenters. The number of hydrogen-bond acceptors (Lipinski definition) is 2. The van der Waals surface area contributed by atoms with Gasteiger partial charge in [-0.1, -0.05) is 22.0 Å². The van der Waals surface area contributed by atoms with Gasteiger partial charge in [-0.2, -0.15) is 0 Å². The number of ketones is 1. The second-order valence-corrected chi connectivity index (χ2v) is 5.97. The molecule has 2 bridgehead atoms. The molecule has 2 aliphatic carbocycles. The van der Waals surface area contributed by atoms with Crippen LogP contribution in [0.3, 0.4) is 0 Å². The highest BCUT2D eigenvalue weighted by Gasteiger charge is 2.42. The number of carbonyl (C=O) groups is 1. The van der Waals surface area contributed by atoms with E-state index in [0.29, 0.717) is 17.6 Å². The van der Waals surface area contributed by atoms with Crippen LogP contribution in [-0.4, -0.2) is 12.9 Å². The van der Waals surface area contributed by atoms with Gasteiger partial charge in [0.05, 0.1) is 7.11 Å². The smallest absolute Gasteiger partial charge is 0.162 e. The van der Waals surface area contributed by atoms with Crippen LogP contribution in [0.15, 0.2) is 28.2 Å². The van der Waals surface area contributed by atoms with Gasteiger partial charge in [0.15, 0.2) is 5.78 Å². The highest BCUT2D eigenvalue weighted by atomic mass is 79.9. The van der Waals surface area contributed by atoms with Crippen molar-refractivity contribution in [1.82, 2.24) is 0 Å². The van der Waals surface area contributed by atoms with E-state index in [1.165, 1.54) is 6.42 Å². The molecule has 18 heavy (non-hydrogen) atoms. The van der Waals surface area contributed by atoms with Crippen molar-refractivity contribution in [3.05, 3.63) is 33.8 Å². The second-order valence-electron chi connectivity index (χ2n) is 5.06. The third-order valence-electron chi connectivity index (χ3n) is 4.03. The lowest BCUT2D eigenvalue weighted by atomic mass is 9.92. The van der Waals surface area contributed by atoms with E-state index in [0.717, 1.165) is 34.2 Å². The number of methoxy groups -OCH3 is 1. The molecule has 1 aromatic rings. The van der Waals surface area contributed by atoms with E-state index < -0.39 is 0 Å². The molecule has 94 valence electrons. The first kappa shape index (κ1) is 12.0. The Kier molecular flexibility index (Phi) is 3.02. The van der Waals surface area contributed by atoms with Gasteiger partial charge in [-0.05, 0) is 49.0 Å². The third-order valence-corrected chi connectivity index (χ3v) is 4.53. The Morgan fingerprint density at radius 2 is 2.11 bits per heavy atom. The van der Waals surface area contributed by atoms with Crippen LogP contribution in [0.2, 0.25) is 0 Å². The Labute approximate surface area is 115 Å². The van der Waals surface area contributed by atoms with Gasteiger partial charge in [-0.25, -0.2) is 0 Å². The van der Waals surface area contributed by atoms with Crippen molar-refractivity contribution < 1.29 is 9.53 Å². The van der Waals surface area contributed by atoms with Gasteiger partial charge < -0.3 is 4.74 Å². The molecule has 0 amide bonds. The Hall–Kier alpha value is -1.09. The number of ether oxygens (including phenoxy) is 1. The first-order valence-corrected chi connectivity index (χ1v) is 7.07. The third kappa shape index (κ3) is 1.91. The molecule has 0 N–H and O–H groups in total. The molecule has 3 rings (SSSR count). The zero-order valence-corrected chi connectivity index (χ0v) is 11.9. The molecule has 0 spiro atoms. The summed E-state index contributed by atoms with van der Waals surface area (Å²) in [5, 5.41) is 0. The number of fused-ring (bicyclic) bond motifs is 2. The largest absolute Gasteiger partial charge is 0.496 e. The monoisotopic (exact) mass is 306 g/mol. The average molecular weight is 307 g/mol. The minimum absolute atomic E-state index is 0.294. The molecule has 0 saturated heterocycles. The summed E-state index contributed by atoms with van der Waals surface area (Å²) in [7, 11) is 1.66. The maximum absolute atomic E-state index is 12.1. The normalized spacial score (nSPS) is 28.1. The molecular weight excluding hydrogens is 292 g/mol. The van der Waals surface area contributed by atoms with Gasteiger partial charge in [0.2, 0.25) is 0 Å². The lowest BCUT2D eigenvalue weighted by Crippen LogP contribution is -2.12. The summed E-state index contributed by atoms with van der Waals surface area (Å²) < 4.78 is 6.35. The fourth-order valence-electron chi connectivity index (χ4n) is 3.10.